The molecule has 1 rings (SSSR count). The Kier molecular flexibility index (Phi) is 4.73. The van der Waals surface area contributed by atoms with E-state index in [4.69, 9.17) is 9.84 Å². The molecule has 2 N–H and O–H groups in total. The molecule has 0 aromatic carbocycles. The van der Waals surface area contributed by atoms with Crippen LogP contribution in [-0.4, -0.2) is 35.7 Å². The fourth-order valence-electron chi connectivity index (χ4n) is 1.98. The number of nitrogens with one attached hydrogen (secondary N) is 1. The van der Waals surface area contributed by atoms with E-state index in [1.165, 1.54) is 0 Å². The summed E-state index contributed by atoms with van der Waals surface area (Å²) in [5.41, 5.74) is -1.05. The highest BCUT2D eigenvalue weighted by molar-refractivity contribution is 5.87. The van der Waals surface area contributed by atoms with Gasteiger partial charge in [-0.3, -0.25) is 4.79 Å². The fraction of sp³-hybridized carbons (Fsp3) is 0.818. The first-order valence-corrected chi connectivity index (χ1v) is 5.73. The van der Waals surface area contributed by atoms with E-state index in [-0.39, 0.29) is 12.5 Å². The van der Waals surface area contributed by atoms with E-state index < -0.39 is 11.5 Å². The average Bonchev–Trinajstić information content (AvgIpc) is 2.68. The average molecular weight is 229 g/mol. The number of carbonyl (C=O) groups is 2. The topological polar surface area (TPSA) is 75.6 Å². The van der Waals surface area contributed by atoms with Crippen LogP contribution in [0.25, 0.3) is 0 Å². The largest absolute Gasteiger partial charge is 0.480 e. The van der Waals surface area contributed by atoms with Crippen LogP contribution < -0.4 is 5.32 Å². The molecular formula is C11H19NO4. The maximum absolute atomic E-state index is 11.5. The molecule has 1 aliphatic rings. The maximum atomic E-state index is 11.5. The Bertz CT molecular complexity index is 259. The molecule has 16 heavy (non-hydrogen) atoms. The molecule has 0 spiro atoms. The van der Waals surface area contributed by atoms with Crippen LogP contribution in [0.5, 0.6) is 0 Å². The molecule has 1 amide bonds. The minimum Gasteiger partial charge on any atom is -0.480 e. The van der Waals surface area contributed by atoms with Gasteiger partial charge in [-0.2, -0.15) is 0 Å². The third kappa shape index (κ3) is 3.20. The molecule has 0 atom stereocenters. The summed E-state index contributed by atoms with van der Waals surface area (Å²) in [5, 5.41) is 11.7. The minimum atomic E-state index is -1.05. The van der Waals surface area contributed by atoms with Crippen LogP contribution in [-0.2, 0) is 14.3 Å². The van der Waals surface area contributed by atoms with Crippen LogP contribution >= 0.6 is 0 Å². The number of amides is 1. The molecule has 0 heterocycles. The second-order valence-corrected chi connectivity index (χ2v) is 4.20. The second-order valence-electron chi connectivity index (χ2n) is 4.20. The van der Waals surface area contributed by atoms with Crippen LogP contribution in [0.3, 0.4) is 0 Å². The number of rotatable bonds is 6. The monoisotopic (exact) mass is 229 g/mol. The number of ether oxygens (including phenoxy) is 1. The zero-order chi connectivity index (χ0) is 12.0. The molecule has 0 bridgehead atoms. The van der Waals surface area contributed by atoms with Crippen molar-refractivity contribution in [2.75, 3.05) is 13.2 Å². The summed E-state index contributed by atoms with van der Waals surface area (Å²) in [6.07, 6.45) is 3.58. The number of carboxylic acids is 1. The SMILES string of the molecule is CCCOCC(=O)NC1(C(=O)O)CCCC1. The summed E-state index contributed by atoms with van der Waals surface area (Å²) in [6.45, 7) is 2.42. The Labute approximate surface area is 95.2 Å². The van der Waals surface area contributed by atoms with Crippen molar-refractivity contribution in [1.82, 2.24) is 5.32 Å². The van der Waals surface area contributed by atoms with Gasteiger partial charge in [0.25, 0.3) is 0 Å². The van der Waals surface area contributed by atoms with Crippen LogP contribution in [0.15, 0.2) is 0 Å². The van der Waals surface area contributed by atoms with Crippen LogP contribution in [0, 0.1) is 0 Å². The summed E-state index contributed by atoms with van der Waals surface area (Å²) in [5.74, 6) is -1.27. The van der Waals surface area contributed by atoms with Gasteiger partial charge in [0.2, 0.25) is 5.91 Å². The van der Waals surface area contributed by atoms with Crippen LogP contribution in [0.2, 0.25) is 0 Å². The first-order valence-electron chi connectivity index (χ1n) is 5.73. The van der Waals surface area contributed by atoms with Gasteiger partial charge in [-0.25, -0.2) is 4.79 Å². The van der Waals surface area contributed by atoms with E-state index in [1.807, 2.05) is 6.92 Å². The summed E-state index contributed by atoms with van der Waals surface area (Å²) in [4.78, 5) is 22.6. The smallest absolute Gasteiger partial charge is 0.329 e. The predicted octanol–water partition coefficient (Wildman–Crippen LogP) is 0.927. The van der Waals surface area contributed by atoms with Crippen molar-refractivity contribution in [2.24, 2.45) is 0 Å². The van der Waals surface area contributed by atoms with Gasteiger partial charge in [-0.1, -0.05) is 19.8 Å². The minimum absolute atomic E-state index is 0.0527. The molecular weight excluding hydrogens is 210 g/mol. The molecule has 5 nitrogen and oxygen atoms in total. The third-order valence-corrected chi connectivity index (χ3v) is 2.83. The number of carbonyl (C=O) groups excluding carboxylic acids is 1. The first-order chi connectivity index (χ1) is 7.60. The van der Waals surface area contributed by atoms with E-state index >= 15 is 0 Å². The number of hydrogen-bond donors (Lipinski definition) is 2. The van der Waals surface area contributed by atoms with Crippen LogP contribution in [0.4, 0.5) is 0 Å². The summed E-state index contributed by atoms with van der Waals surface area (Å²) < 4.78 is 5.07. The lowest BCUT2D eigenvalue weighted by atomic mass is 9.98. The summed E-state index contributed by atoms with van der Waals surface area (Å²) >= 11 is 0. The van der Waals surface area contributed by atoms with Crippen molar-refractivity contribution < 1.29 is 19.4 Å². The molecule has 0 aromatic heterocycles. The summed E-state index contributed by atoms with van der Waals surface area (Å²) in [7, 11) is 0. The van der Waals surface area contributed by atoms with Gasteiger partial charge in [0, 0.05) is 6.61 Å². The third-order valence-electron chi connectivity index (χ3n) is 2.83. The lowest BCUT2D eigenvalue weighted by Gasteiger charge is -2.25. The standard InChI is InChI=1S/C11H19NO4/c1-2-7-16-8-9(13)12-11(10(14)15)5-3-4-6-11/h2-8H2,1H3,(H,12,13)(H,14,15). The Balaban J connectivity index is 2.43. The highest BCUT2D eigenvalue weighted by atomic mass is 16.5. The molecule has 1 fully saturated rings. The molecule has 1 saturated carbocycles. The van der Waals surface area contributed by atoms with Gasteiger partial charge in [0.1, 0.15) is 12.1 Å². The molecule has 0 saturated heterocycles. The van der Waals surface area contributed by atoms with Crippen molar-refractivity contribution in [3.63, 3.8) is 0 Å². The molecule has 0 unspecified atom stereocenters. The zero-order valence-electron chi connectivity index (χ0n) is 9.62. The Morgan fingerprint density at radius 3 is 2.50 bits per heavy atom. The molecule has 0 radical (unpaired) electrons. The summed E-state index contributed by atoms with van der Waals surface area (Å²) in [6, 6.07) is 0. The van der Waals surface area contributed by atoms with Crippen molar-refractivity contribution in [3.8, 4) is 0 Å². The van der Waals surface area contributed by atoms with E-state index in [9.17, 15) is 9.59 Å². The Morgan fingerprint density at radius 2 is 2.00 bits per heavy atom. The molecule has 0 aliphatic heterocycles. The van der Waals surface area contributed by atoms with Crippen molar-refractivity contribution in [3.05, 3.63) is 0 Å². The molecule has 1 aliphatic carbocycles. The Hall–Kier alpha value is -1.10. The maximum Gasteiger partial charge on any atom is 0.329 e. The van der Waals surface area contributed by atoms with Crippen molar-refractivity contribution in [2.45, 2.75) is 44.6 Å². The van der Waals surface area contributed by atoms with Gasteiger partial charge in [-0.15, -0.1) is 0 Å². The predicted molar refractivity (Wildman–Crippen MR) is 58.1 cm³/mol. The van der Waals surface area contributed by atoms with E-state index in [0.29, 0.717) is 19.4 Å². The van der Waals surface area contributed by atoms with Gasteiger partial charge < -0.3 is 15.2 Å². The zero-order valence-corrected chi connectivity index (χ0v) is 9.62. The van der Waals surface area contributed by atoms with Crippen molar-refractivity contribution in [1.29, 1.82) is 0 Å². The molecule has 0 aromatic rings. The lowest BCUT2D eigenvalue weighted by molar-refractivity contribution is -0.148. The molecule has 92 valence electrons. The van der Waals surface area contributed by atoms with Crippen molar-refractivity contribution >= 4 is 11.9 Å². The number of carboxylic acid groups (broad SMARTS) is 1. The van der Waals surface area contributed by atoms with Gasteiger partial charge in [0.15, 0.2) is 0 Å². The second kappa shape index (κ2) is 5.84. The first kappa shape index (κ1) is 13.0. The van der Waals surface area contributed by atoms with Gasteiger partial charge in [0.05, 0.1) is 0 Å². The fourth-order valence-corrected chi connectivity index (χ4v) is 1.98. The normalized spacial score (nSPS) is 18.3. The highest BCUT2D eigenvalue weighted by Crippen LogP contribution is 2.29. The Morgan fingerprint density at radius 1 is 1.38 bits per heavy atom. The van der Waals surface area contributed by atoms with Gasteiger partial charge in [-0.05, 0) is 19.3 Å². The van der Waals surface area contributed by atoms with E-state index in [1.54, 1.807) is 0 Å². The van der Waals surface area contributed by atoms with Crippen LogP contribution in [0.1, 0.15) is 39.0 Å². The quantitative estimate of drug-likeness (QED) is 0.664. The van der Waals surface area contributed by atoms with Gasteiger partial charge >= 0.3 is 5.97 Å². The highest BCUT2D eigenvalue weighted by Gasteiger charge is 2.42. The number of aliphatic carboxylic acids is 1. The lowest BCUT2D eigenvalue weighted by Crippen LogP contribution is -2.53. The van der Waals surface area contributed by atoms with E-state index in [2.05, 4.69) is 5.32 Å². The number of hydrogen-bond acceptors (Lipinski definition) is 3. The molecule has 5 heteroatoms. The van der Waals surface area contributed by atoms with E-state index in [0.717, 1.165) is 19.3 Å².